The maximum Gasteiger partial charge on any atom is 0.319 e. The summed E-state index contributed by atoms with van der Waals surface area (Å²) in [6.45, 7) is 3.46. The number of urea groups is 1. The highest BCUT2D eigenvalue weighted by Gasteiger charge is 2.21. The van der Waals surface area contributed by atoms with Gasteiger partial charge in [0.2, 0.25) is 5.91 Å². The van der Waals surface area contributed by atoms with Gasteiger partial charge in [-0.25, -0.2) is 9.18 Å². The molecule has 0 fully saturated rings. The zero-order valence-corrected chi connectivity index (χ0v) is 11.3. The van der Waals surface area contributed by atoms with E-state index in [0.29, 0.717) is 0 Å². The molecule has 0 aromatic heterocycles. The van der Waals surface area contributed by atoms with Crippen LogP contribution in [0, 0.1) is 11.7 Å². The third-order valence-electron chi connectivity index (χ3n) is 2.44. The summed E-state index contributed by atoms with van der Waals surface area (Å²) in [6.07, 6.45) is 0. The monoisotopic (exact) mass is 287 g/mol. The second-order valence-electron chi connectivity index (χ2n) is 4.35. The molecule has 0 aliphatic heterocycles. The third-order valence-corrected chi connectivity index (χ3v) is 2.67. The lowest BCUT2D eigenvalue weighted by molar-refractivity contribution is -0.120. The smallest absolute Gasteiger partial charge is 0.319 e. The molecule has 0 radical (unpaired) electrons. The Bertz CT molecular complexity index is 494. The molecule has 1 rings (SSSR count). The normalized spacial score (nSPS) is 12.1. The highest BCUT2D eigenvalue weighted by Crippen LogP contribution is 2.19. The molecular formula is C12H15ClFN3O2. The van der Waals surface area contributed by atoms with E-state index in [9.17, 15) is 14.0 Å². The molecule has 0 heterocycles. The Morgan fingerprint density at radius 2 is 2.00 bits per heavy atom. The first-order valence-electron chi connectivity index (χ1n) is 5.63. The van der Waals surface area contributed by atoms with Gasteiger partial charge in [0.25, 0.3) is 0 Å². The molecule has 3 amide bonds. The summed E-state index contributed by atoms with van der Waals surface area (Å²) >= 11 is 5.69. The largest absolute Gasteiger partial charge is 0.368 e. The first-order valence-corrected chi connectivity index (χ1v) is 6.01. The van der Waals surface area contributed by atoms with Crippen LogP contribution in [0.4, 0.5) is 14.9 Å². The lowest BCUT2D eigenvalue weighted by Gasteiger charge is -2.19. The fourth-order valence-electron chi connectivity index (χ4n) is 1.46. The lowest BCUT2D eigenvalue weighted by atomic mass is 10.0. The molecule has 0 aliphatic carbocycles. The van der Waals surface area contributed by atoms with E-state index in [1.807, 2.05) is 0 Å². The van der Waals surface area contributed by atoms with Gasteiger partial charge in [-0.05, 0) is 24.1 Å². The second kappa shape index (κ2) is 6.38. The van der Waals surface area contributed by atoms with Gasteiger partial charge in [-0.3, -0.25) is 4.79 Å². The van der Waals surface area contributed by atoms with Crippen molar-refractivity contribution in [2.75, 3.05) is 5.32 Å². The van der Waals surface area contributed by atoms with Crippen LogP contribution in [0.1, 0.15) is 13.8 Å². The zero-order chi connectivity index (χ0) is 14.6. The van der Waals surface area contributed by atoms with Gasteiger partial charge in [0, 0.05) is 5.02 Å². The van der Waals surface area contributed by atoms with Gasteiger partial charge < -0.3 is 16.4 Å². The predicted octanol–water partition coefficient (Wildman–Crippen LogP) is 2.11. The number of amides is 3. The number of hydrogen-bond acceptors (Lipinski definition) is 2. The number of nitrogens with one attached hydrogen (secondary N) is 2. The molecule has 7 heteroatoms. The van der Waals surface area contributed by atoms with Crippen molar-refractivity contribution in [3.8, 4) is 0 Å². The summed E-state index contributed by atoms with van der Waals surface area (Å²) < 4.78 is 13.4. The molecule has 0 bridgehead atoms. The van der Waals surface area contributed by atoms with Crippen molar-refractivity contribution in [3.63, 3.8) is 0 Å². The quantitative estimate of drug-likeness (QED) is 0.792. The van der Waals surface area contributed by atoms with Gasteiger partial charge in [0.05, 0.1) is 5.69 Å². The van der Waals surface area contributed by atoms with Crippen molar-refractivity contribution in [3.05, 3.63) is 29.0 Å². The third kappa shape index (κ3) is 4.40. The van der Waals surface area contributed by atoms with Gasteiger partial charge in [-0.1, -0.05) is 25.4 Å². The predicted molar refractivity (Wildman–Crippen MR) is 71.4 cm³/mol. The van der Waals surface area contributed by atoms with Gasteiger partial charge in [-0.2, -0.15) is 0 Å². The van der Waals surface area contributed by atoms with E-state index >= 15 is 0 Å². The molecule has 1 aromatic rings. The van der Waals surface area contributed by atoms with Crippen LogP contribution < -0.4 is 16.4 Å². The van der Waals surface area contributed by atoms with Crippen molar-refractivity contribution >= 4 is 29.2 Å². The Hall–Kier alpha value is -1.82. The number of primary amides is 1. The standard InChI is InChI=1S/C12H15ClFN3O2/c1-6(2)10(11(15)18)17-12(19)16-9-5-7(13)3-4-8(9)14/h3-6,10H,1-2H3,(H2,15,18)(H2,16,17,19)/t10-/m1/s1. The van der Waals surface area contributed by atoms with Crippen LogP contribution in [-0.2, 0) is 4.79 Å². The molecule has 0 saturated heterocycles. The molecule has 1 aromatic carbocycles. The number of halogens is 2. The van der Waals surface area contributed by atoms with Crippen LogP contribution >= 0.6 is 11.6 Å². The average Bonchev–Trinajstić information content (AvgIpc) is 2.30. The van der Waals surface area contributed by atoms with E-state index in [1.165, 1.54) is 12.1 Å². The molecule has 4 N–H and O–H groups in total. The number of nitrogens with two attached hydrogens (primary N) is 1. The molecule has 0 spiro atoms. The maximum absolute atomic E-state index is 13.4. The molecule has 0 unspecified atom stereocenters. The van der Waals surface area contributed by atoms with E-state index in [1.54, 1.807) is 13.8 Å². The Kier molecular flexibility index (Phi) is 5.11. The Morgan fingerprint density at radius 1 is 1.37 bits per heavy atom. The summed E-state index contributed by atoms with van der Waals surface area (Å²) in [5, 5.41) is 4.93. The summed E-state index contributed by atoms with van der Waals surface area (Å²) in [6, 6.07) is 2.21. The summed E-state index contributed by atoms with van der Waals surface area (Å²) in [5.41, 5.74) is 5.08. The van der Waals surface area contributed by atoms with E-state index in [2.05, 4.69) is 10.6 Å². The number of hydrogen-bond donors (Lipinski definition) is 3. The summed E-state index contributed by atoms with van der Waals surface area (Å²) in [5.74, 6) is -1.45. The molecule has 5 nitrogen and oxygen atoms in total. The number of rotatable bonds is 4. The SMILES string of the molecule is CC(C)[C@@H](NC(=O)Nc1cc(Cl)ccc1F)C(N)=O. The van der Waals surface area contributed by atoms with Crippen LogP contribution in [0.3, 0.4) is 0 Å². The van der Waals surface area contributed by atoms with Crippen LogP contribution in [0.5, 0.6) is 0 Å². The maximum atomic E-state index is 13.4. The van der Waals surface area contributed by atoms with Crippen molar-refractivity contribution in [2.24, 2.45) is 11.7 Å². The fourth-order valence-corrected chi connectivity index (χ4v) is 1.63. The van der Waals surface area contributed by atoms with Crippen molar-refractivity contribution in [1.82, 2.24) is 5.32 Å². The minimum absolute atomic E-state index is 0.0722. The lowest BCUT2D eigenvalue weighted by Crippen LogP contribution is -2.49. The molecule has 19 heavy (non-hydrogen) atoms. The van der Waals surface area contributed by atoms with E-state index in [4.69, 9.17) is 17.3 Å². The van der Waals surface area contributed by atoms with Crippen LogP contribution in [-0.4, -0.2) is 18.0 Å². The first-order chi connectivity index (χ1) is 8.81. The fraction of sp³-hybridized carbons (Fsp3) is 0.333. The van der Waals surface area contributed by atoms with E-state index < -0.39 is 23.8 Å². The van der Waals surface area contributed by atoms with E-state index in [0.717, 1.165) is 6.07 Å². The van der Waals surface area contributed by atoms with E-state index in [-0.39, 0.29) is 16.6 Å². The Balaban J connectivity index is 2.74. The molecule has 104 valence electrons. The second-order valence-corrected chi connectivity index (χ2v) is 4.78. The molecular weight excluding hydrogens is 273 g/mol. The minimum atomic E-state index is -0.831. The number of anilines is 1. The van der Waals surface area contributed by atoms with Crippen molar-refractivity contribution < 1.29 is 14.0 Å². The van der Waals surface area contributed by atoms with Gasteiger partial charge >= 0.3 is 6.03 Å². The Morgan fingerprint density at radius 3 is 2.53 bits per heavy atom. The molecule has 0 saturated carbocycles. The van der Waals surface area contributed by atoms with Crippen molar-refractivity contribution in [2.45, 2.75) is 19.9 Å². The topological polar surface area (TPSA) is 84.2 Å². The number of carbonyl (C=O) groups excluding carboxylic acids is 2. The first kappa shape index (κ1) is 15.2. The highest BCUT2D eigenvalue weighted by molar-refractivity contribution is 6.30. The zero-order valence-electron chi connectivity index (χ0n) is 10.5. The number of benzene rings is 1. The summed E-state index contributed by atoms with van der Waals surface area (Å²) in [4.78, 5) is 22.8. The molecule has 0 aliphatic rings. The van der Waals surface area contributed by atoms with Gasteiger partial charge in [-0.15, -0.1) is 0 Å². The van der Waals surface area contributed by atoms with Gasteiger partial charge in [0.1, 0.15) is 11.9 Å². The Labute approximate surface area is 115 Å². The average molecular weight is 288 g/mol. The number of carbonyl (C=O) groups is 2. The van der Waals surface area contributed by atoms with Gasteiger partial charge in [0.15, 0.2) is 0 Å². The molecule has 1 atom stereocenters. The minimum Gasteiger partial charge on any atom is -0.368 e. The summed E-state index contributed by atoms with van der Waals surface area (Å²) in [7, 11) is 0. The van der Waals surface area contributed by atoms with Crippen LogP contribution in [0.15, 0.2) is 18.2 Å². The van der Waals surface area contributed by atoms with Crippen LogP contribution in [0.2, 0.25) is 5.02 Å². The van der Waals surface area contributed by atoms with Crippen molar-refractivity contribution in [1.29, 1.82) is 0 Å². The highest BCUT2D eigenvalue weighted by atomic mass is 35.5. The van der Waals surface area contributed by atoms with Crippen LogP contribution in [0.25, 0.3) is 0 Å².